The van der Waals surface area contributed by atoms with Crippen molar-refractivity contribution in [3.8, 4) is 0 Å². The van der Waals surface area contributed by atoms with Gasteiger partial charge in [0.05, 0.1) is 11.6 Å². The third-order valence-electron chi connectivity index (χ3n) is 4.21. The van der Waals surface area contributed by atoms with Crippen molar-refractivity contribution in [3.05, 3.63) is 0 Å². The molecule has 5 heteroatoms. The molecule has 0 radical (unpaired) electrons. The Bertz CT molecular complexity index is 301. The van der Waals surface area contributed by atoms with E-state index in [1.54, 1.807) is 7.11 Å². The van der Waals surface area contributed by atoms with Crippen molar-refractivity contribution in [3.63, 3.8) is 0 Å². The van der Waals surface area contributed by atoms with Crippen LogP contribution in [0.4, 0.5) is 0 Å². The fourth-order valence-electron chi connectivity index (χ4n) is 2.97. The topological polar surface area (TPSA) is 62.9 Å². The minimum Gasteiger partial charge on any atom is -0.377 e. The molecule has 1 aliphatic carbocycles. The zero-order valence-electron chi connectivity index (χ0n) is 11.6. The molecule has 1 atom stereocenters. The van der Waals surface area contributed by atoms with Gasteiger partial charge in [0.2, 0.25) is 5.96 Å². The number of hydrogen-bond acceptors (Lipinski definition) is 3. The van der Waals surface area contributed by atoms with E-state index in [4.69, 9.17) is 15.6 Å². The molecule has 18 heavy (non-hydrogen) atoms. The Labute approximate surface area is 110 Å². The molecule has 3 N–H and O–H groups in total. The van der Waals surface area contributed by atoms with Crippen LogP contribution >= 0.6 is 0 Å². The largest absolute Gasteiger partial charge is 0.377 e. The molecule has 0 spiro atoms. The van der Waals surface area contributed by atoms with E-state index in [9.17, 15) is 0 Å². The fraction of sp³-hybridized carbons (Fsp3) is 0.923. The van der Waals surface area contributed by atoms with Crippen molar-refractivity contribution in [1.29, 1.82) is 0 Å². The molecule has 5 nitrogen and oxygen atoms in total. The average Bonchev–Trinajstić information content (AvgIpc) is 2.89. The van der Waals surface area contributed by atoms with Gasteiger partial charge in [0, 0.05) is 20.2 Å². The van der Waals surface area contributed by atoms with Crippen molar-refractivity contribution in [1.82, 2.24) is 10.3 Å². The third-order valence-corrected chi connectivity index (χ3v) is 4.21. The maximum Gasteiger partial charge on any atom is 0.208 e. The van der Waals surface area contributed by atoms with Crippen molar-refractivity contribution in [2.24, 2.45) is 10.8 Å². The normalized spacial score (nSPS) is 30.8. The molecule has 1 saturated carbocycles. The predicted octanol–water partition coefficient (Wildman–Crippen LogP) is 1.25. The Morgan fingerprint density at radius 2 is 2.11 bits per heavy atom. The number of aliphatic imine (C=N–C) groups is 1. The summed E-state index contributed by atoms with van der Waals surface area (Å²) in [5.74, 6) is 6.49. The third kappa shape index (κ3) is 3.14. The van der Waals surface area contributed by atoms with Crippen molar-refractivity contribution < 1.29 is 4.74 Å². The maximum absolute atomic E-state index is 5.65. The van der Waals surface area contributed by atoms with Gasteiger partial charge in [0.15, 0.2) is 0 Å². The average molecular weight is 254 g/mol. The predicted molar refractivity (Wildman–Crippen MR) is 73.2 cm³/mol. The SMILES string of the molecule is COC1(C)CCCN(C(=NC2CCCC2)NN)C1. The van der Waals surface area contributed by atoms with E-state index in [0.29, 0.717) is 6.04 Å². The summed E-state index contributed by atoms with van der Waals surface area (Å²) >= 11 is 0. The molecule has 1 aliphatic heterocycles. The number of guanidine groups is 1. The standard InChI is InChI=1S/C13H26N4O/c1-13(18-2)8-5-9-17(10-13)12(16-14)15-11-6-3-4-7-11/h11H,3-10,14H2,1-2H3,(H,15,16). The van der Waals surface area contributed by atoms with Crippen LogP contribution in [-0.2, 0) is 4.74 Å². The van der Waals surface area contributed by atoms with E-state index in [1.807, 2.05) is 0 Å². The van der Waals surface area contributed by atoms with Gasteiger partial charge in [-0.15, -0.1) is 0 Å². The highest BCUT2D eigenvalue weighted by Gasteiger charge is 2.32. The number of piperidine rings is 1. The molecule has 0 aromatic heterocycles. The Morgan fingerprint density at radius 3 is 2.72 bits per heavy atom. The second-order valence-electron chi connectivity index (χ2n) is 5.71. The lowest BCUT2D eigenvalue weighted by Gasteiger charge is -2.40. The summed E-state index contributed by atoms with van der Waals surface area (Å²) in [5.41, 5.74) is 2.70. The summed E-state index contributed by atoms with van der Waals surface area (Å²) in [6.45, 7) is 4.02. The van der Waals surface area contributed by atoms with Crippen LogP contribution in [0.25, 0.3) is 0 Å². The Morgan fingerprint density at radius 1 is 1.39 bits per heavy atom. The monoisotopic (exact) mass is 254 g/mol. The molecule has 2 rings (SSSR count). The number of ether oxygens (including phenoxy) is 1. The van der Waals surface area contributed by atoms with E-state index in [1.165, 1.54) is 25.7 Å². The Hall–Kier alpha value is -0.810. The highest BCUT2D eigenvalue weighted by molar-refractivity contribution is 5.79. The highest BCUT2D eigenvalue weighted by Crippen LogP contribution is 2.25. The van der Waals surface area contributed by atoms with E-state index < -0.39 is 0 Å². The summed E-state index contributed by atoms with van der Waals surface area (Å²) in [6, 6.07) is 0.451. The number of hydrogen-bond donors (Lipinski definition) is 2. The molecule has 1 unspecified atom stereocenters. The van der Waals surface area contributed by atoms with Gasteiger partial charge >= 0.3 is 0 Å². The second-order valence-corrected chi connectivity index (χ2v) is 5.71. The number of rotatable bonds is 2. The van der Waals surface area contributed by atoms with Crippen LogP contribution < -0.4 is 11.3 Å². The van der Waals surface area contributed by atoms with Crippen LogP contribution in [0, 0.1) is 0 Å². The van der Waals surface area contributed by atoms with E-state index >= 15 is 0 Å². The van der Waals surface area contributed by atoms with Gasteiger partial charge in [-0.05, 0) is 32.6 Å². The molecule has 104 valence electrons. The first kappa shape index (κ1) is 13.6. The lowest BCUT2D eigenvalue weighted by atomic mass is 9.95. The summed E-state index contributed by atoms with van der Waals surface area (Å²) in [7, 11) is 1.78. The molecular formula is C13H26N4O. The van der Waals surface area contributed by atoms with Crippen LogP contribution in [0.15, 0.2) is 4.99 Å². The van der Waals surface area contributed by atoms with Gasteiger partial charge in [-0.25, -0.2) is 10.8 Å². The number of hydrazine groups is 1. The summed E-state index contributed by atoms with van der Waals surface area (Å²) in [5, 5.41) is 0. The fourth-order valence-corrected chi connectivity index (χ4v) is 2.97. The van der Waals surface area contributed by atoms with Gasteiger partial charge in [0.25, 0.3) is 0 Å². The first-order chi connectivity index (χ1) is 8.67. The summed E-state index contributed by atoms with van der Waals surface area (Å²) in [4.78, 5) is 7.00. The first-order valence-corrected chi connectivity index (χ1v) is 7.01. The molecule has 0 bridgehead atoms. The molecular weight excluding hydrogens is 228 g/mol. The minimum absolute atomic E-state index is 0.0778. The Balaban J connectivity index is 2.02. The van der Waals surface area contributed by atoms with Gasteiger partial charge in [-0.3, -0.25) is 5.43 Å². The second kappa shape index (κ2) is 5.89. The van der Waals surface area contributed by atoms with Crippen molar-refractivity contribution >= 4 is 5.96 Å². The number of nitrogens with zero attached hydrogens (tertiary/aromatic N) is 2. The van der Waals surface area contributed by atoms with Crippen LogP contribution in [0.1, 0.15) is 45.4 Å². The first-order valence-electron chi connectivity index (χ1n) is 7.01. The van der Waals surface area contributed by atoms with Crippen molar-refractivity contribution in [2.75, 3.05) is 20.2 Å². The van der Waals surface area contributed by atoms with Gasteiger partial charge in [-0.1, -0.05) is 12.8 Å². The van der Waals surface area contributed by atoms with Crippen molar-refractivity contribution in [2.45, 2.75) is 57.1 Å². The molecule has 2 fully saturated rings. The molecule has 0 aromatic carbocycles. The zero-order chi connectivity index (χ0) is 13.0. The number of nitrogens with two attached hydrogens (primary N) is 1. The molecule has 0 aromatic rings. The minimum atomic E-state index is -0.0778. The molecule has 1 saturated heterocycles. The molecule has 2 aliphatic rings. The van der Waals surface area contributed by atoms with Crippen LogP contribution in [0.2, 0.25) is 0 Å². The van der Waals surface area contributed by atoms with Crippen LogP contribution in [-0.4, -0.2) is 42.7 Å². The number of methoxy groups -OCH3 is 1. The lowest BCUT2D eigenvalue weighted by Crippen LogP contribution is -2.54. The number of likely N-dealkylation sites (tertiary alicyclic amines) is 1. The molecule has 1 heterocycles. The van der Waals surface area contributed by atoms with Gasteiger partial charge < -0.3 is 9.64 Å². The smallest absolute Gasteiger partial charge is 0.208 e. The number of nitrogens with one attached hydrogen (secondary N) is 1. The summed E-state index contributed by atoms with van der Waals surface area (Å²) < 4.78 is 5.61. The van der Waals surface area contributed by atoms with E-state index in [0.717, 1.165) is 31.9 Å². The van der Waals surface area contributed by atoms with Gasteiger partial charge in [-0.2, -0.15) is 0 Å². The Kier molecular flexibility index (Phi) is 4.45. The summed E-state index contributed by atoms with van der Waals surface area (Å²) in [6.07, 6.45) is 7.20. The van der Waals surface area contributed by atoms with E-state index in [2.05, 4.69) is 17.2 Å². The zero-order valence-corrected chi connectivity index (χ0v) is 11.6. The molecule has 0 amide bonds. The van der Waals surface area contributed by atoms with E-state index in [-0.39, 0.29) is 5.60 Å². The van der Waals surface area contributed by atoms with Gasteiger partial charge in [0.1, 0.15) is 0 Å². The highest BCUT2D eigenvalue weighted by atomic mass is 16.5. The maximum atomic E-state index is 5.65. The lowest BCUT2D eigenvalue weighted by molar-refractivity contribution is -0.0356. The van der Waals surface area contributed by atoms with Crippen LogP contribution in [0.3, 0.4) is 0 Å². The van der Waals surface area contributed by atoms with Crippen LogP contribution in [0.5, 0.6) is 0 Å². The quantitative estimate of drug-likeness (QED) is 0.337.